The Balaban J connectivity index is 2.38. The third kappa shape index (κ3) is 7.10. The van der Waals surface area contributed by atoms with Gasteiger partial charge < -0.3 is 20.7 Å². The molecule has 3 N–H and O–H groups in total. The van der Waals surface area contributed by atoms with E-state index < -0.39 is 0 Å². The summed E-state index contributed by atoms with van der Waals surface area (Å²) in [5, 5.41) is 9.29. The van der Waals surface area contributed by atoms with Crippen LogP contribution in [0.25, 0.3) is 0 Å². The molecule has 0 spiro atoms. The first-order valence-electron chi connectivity index (χ1n) is 6.93. The fraction of sp³-hybridized carbons (Fsp3) is 0.615. The quantitative estimate of drug-likeness (QED) is 0.567. The number of hydrogen-bond donors (Lipinski definition) is 3. The Labute approximate surface area is 129 Å². The zero-order valence-corrected chi connectivity index (χ0v) is 13.2. The number of aromatic nitrogens is 2. The normalized spacial score (nSPS) is 10.2. The zero-order valence-electron chi connectivity index (χ0n) is 12.4. The van der Waals surface area contributed by atoms with E-state index in [9.17, 15) is 4.79 Å². The number of halogens is 1. The van der Waals surface area contributed by atoms with Crippen LogP contribution < -0.4 is 16.0 Å². The molecule has 0 unspecified atom stereocenters. The maximum atomic E-state index is 11.5. The number of amides is 1. The molecule has 0 fully saturated rings. The first kappa shape index (κ1) is 17.5. The van der Waals surface area contributed by atoms with Gasteiger partial charge >= 0.3 is 0 Å². The minimum atomic E-state index is -0.0472. The average molecular weight is 316 g/mol. The van der Waals surface area contributed by atoms with E-state index in [1.807, 2.05) is 0 Å². The van der Waals surface area contributed by atoms with Crippen molar-refractivity contribution in [2.75, 3.05) is 44.0 Å². The Bertz CT molecular complexity index is 445. The lowest BCUT2D eigenvalue weighted by atomic mass is 10.4. The van der Waals surface area contributed by atoms with Crippen LogP contribution in [-0.4, -0.2) is 49.2 Å². The van der Waals surface area contributed by atoms with Crippen LogP contribution >= 0.6 is 11.6 Å². The van der Waals surface area contributed by atoms with Gasteiger partial charge in [-0.15, -0.1) is 0 Å². The van der Waals surface area contributed by atoms with Crippen molar-refractivity contribution in [3.8, 4) is 0 Å². The van der Waals surface area contributed by atoms with Crippen LogP contribution in [-0.2, 0) is 9.53 Å². The molecule has 0 aromatic carbocycles. The van der Waals surface area contributed by atoms with Gasteiger partial charge in [0.15, 0.2) is 0 Å². The topological polar surface area (TPSA) is 88.2 Å². The maximum absolute atomic E-state index is 11.5. The van der Waals surface area contributed by atoms with Gasteiger partial charge in [-0.2, -0.15) is 4.98 Å². The summed E-state index contributed by atoms with van der Waals surface area (Å²) >= 11 is 6.02. The number of anilines is 2. The van der Waals surface area contributed by atoms with E-state index in [2.05, 4.69) is 32.8 Å². The van der Waals surface area contributed by atoms with Crippen LogP contribution in [0.2, 0.25) is 5.02 Å². The number of nitrogens with one attached hydrogen (secondary N) is 3. The molecule has 1 rings (SSSR count). The molecule has 21 heavy (non-hydrogen) atoms. The first-order valence-corrected chi connectivity index (χ1v) is 7.31. The smallest absolute Gasteiger partial charge is 0.224 e. The Hall–Kier alpha value is -1.60. The lowest BCUT2D eigenvalue weighted by Crippen LogP contribution is -2.28. The van der Waals surface area contributed by atoms with Gasteiger partial charge in [-0.1, -0.05) is 18.5 Å². The van der Waals surface area contributed by atoms with Crippen LogP contribution in [0, 0.1) is 0 Å². The number of carbonyl (C=O) groups excluding carboxylic acids is 1. The molecule has 0 saturated heterocycles. The van der Waals surface area contributed by atoms with Gasteiger partial charge in [0.2, 0.25) is 11.9 Å². The molecule has 1 heterocycles. The molecule has 8 heteroatoms. The fourth-order valence-electron chi connectivity index (χ4n) is 1.49. The Morgan fingerprint density at radius 2 is 2.14 bits per heavy atom. The van der Waals surface area contributed by atoms with E-state index in [0.717, 1.165) is 13.0 Å². The molecule has 0 atom stereocenters. The molecule has 7 nitrogen and oxygen atoms in total. The lowest BCUT2D eigenvalue weighted by Gasteiger charge is -2.09. The SMILES string of the molecule is CCCNc1ncc(Cl)c(NCCC(=O)NCCOC)n1. The van der Waals surface area contributed by atoms with Crippen molar-refractivity contribution in [3.05, 3.63) is 11.2 Å². The molecule has 0 aliphatic heterocycles. The van der Waals surface area contributed by atoms with Gasteiger partial charge in [0, 0.05) is 33.2 Å². The maximum Gasteiger partial charge on any atom is 0.224 e. The number of carbonyl (C=O) groups is 1. The van der Waals surface area contributed by atoms with Crippen molar-refractivity contribution in [2.24, 2.45) is 0 Å². The second-order valence-electron chi connectivity index (χ2n) is 4.34. The Morgan fingerprint density at radius 3 is 2.86 bits per heavy atom. The first-order chi connectivity index (χ1) is 10.2. The molecule has 0 bridgehead atoms. The van der Waals surface area contributed by atoms with Crippen LogP contribution in [0.3, 0.4) is 0 Å². The number of ether oxygens (including phenoxy) is 1. The van der Waals surface area contributed by atoms with E-state index in [1.165, 1.54) is 6.20 Å². The highest BCUT2D eigenvalue weighted by Gasteiger charge is 2.06. The van der Waals surface area contributed by atoms with Crippen molar-refractivity contribution in [1.29, 1.82) is 0 Å². The highest BCUT2D eigenvalue weighted by molar-refractivity contribution is 6.32. The Morgan fingerprint density at radius 1 is 1.33 bits per heavy atom. The van der Waals surface area contributed by atoms with E-state index in [4.69, 9.17) is 16.3 Å². The van der Waals surface area contributed by atoms with E-state index in [-0.39, 0.29) is 5.91 Å². The highest BCUT2D eigenvalue weighted by Crippen LogP contribution is 2.19. The molecule has 0 aliphatic carbocycles. The van der Waals surface area contributed by atoms with Crippen molar-refractivity contribution in [2.45, 2.75) is 19.8 Å². The number of rotatable bonds is 10. The summed E-state index contributed by atoms with van der Waals surface area (Å²) in [6, 6.07) is 0. The molecule has 118 valence electrons. The van der Waals surface area contributed by atoms with Gasteiger partial charge in [-0.05, 0) is 6.42 Å². The van der Waals surface area contributed by atoms with Gasteiger partial charge in [0.1, 0.15) is 10.8 Å². The van der Waals surface area contributed by atoms with Gasteiger partial charge in [-0.25, -0.2) is 4.98 Å². The molecule has 0 aliphatic rings. The largest absolute Gasteiger partial charge is 0.383 e. The van der Waals surface area contributed by atoms with Crippen molar-refractivity contribution in [3.63, 3.8) is 0 Å². The van der Waals surface area contributed by atoms with E-state index in [0.29, 0.717) is 42.9 Å². The van der Waals surface area contributed by atoms with Crippen molar-refractivity contribution < 1.29 is 9.53 Å². The summed E-state index contributed by atoms with van der Waals surface area (Å²) in [6.07, 6.45) is 2.85. The van der Waals surface area contributed by atoms with Gasteiger partial charge in [0.05, 0.1) is 12.8 Å². The number of methoxy groups -OCH3 is 1. The predicted octanol–water partition coefficient (Wildman–Crippen LogP) is 1.52. The highest BCUT2D eigenvalue weighted by atomic mass is 35.5. The minimum absolute atomic E-state index is 0.0472. The summed E-state index contributed by atoms with van der Waals surface area (Å²) in [4.78, 5) is 19.9. The van der Waals surface area contributed by atoms with Crippen molar-refractivity contribution in [1.82, 2.24) is 15.3 Å². The van der Waals surface area contributed by atoms with Crippen LogP contribution in [0.4, 0.5) is 11.8 Å². The number of nitrogens with zero attached hydrogens (tertiary/aromatic N) is 2. The molecule has 1 aromatic heterocycles. The predicted molar refractivity (Wildman–Crippen MR) is 83.8 cm³/mol. The van der Waals surface area contributed by atoms with E-state index in [1.54, 1.807) is 7.11 Å². The standard InChI is InChI=1S/C13H22ClN5O2/c1-3-5-17-13-18-9-10(14)12(19-13)16-6-4-11(20)15-7-8-21-2/h9H,3-8H2,1-2H3,(H,15,20)(H2,16,17,18,19). The summed E-state index contributed by atoms with van der Waals surface area (Å²) in [7, 11) is 1.59. The monoisotopic (exact) mass is 315 g/mol. The molecule has 0 saturated carbocycles. The van der Waals surface area contributed by atoms with Crippen LogP contribution in [0.5, 0.6) is 0 Å². The minimum Gasteiger partial charge on any atom is -0.383 e. The van der Waals surface area contributed by atoms with E-state index >= 15 is 0 Å². The molecular formula is C13H22ClN5O2. The number of hydrogen-bond acceptors (Lipinski definition) is 6. The summed E-state index contributed by atoms with van der Waals surface area (Å²) in [5.41, 5.74) is 0. The fourth-order valence-corrected chi connectivity index (χ4v) is 1.65. The van der Waals surface area contributed by atoms with Crippen LogP contribution in [0.1, 0.15) is 19.8 Å². The molecule has 1 amide bonds. The third-order valence-corrected chi connectivity index (χ3v) is 2.83. The second kappa shape index (κ2) is 10.2. The van der Waals surface area contributed by atoms with Gasteiger partial charge in [0.25, 0.3) is 0 Å². The van der Waals surface area contributed by atoms with Crippen molar-refractivity contribution >= 4 is 29.3 Å². The molecule has 0 radical (unpaired) electrons. The average Bonchev–Trinajstić information content (AvgIpc) is 2.48. The molecular weight excluding hydrogens is 294 g/mol. The lowest BCUT2D eigenvalue weighted by molar-refractivity contribution is -0.121. The zero-order chi connectivity index (χ0) is 15.5. The summed E-state index contributed by atoms with van der Waals surface area (Å²) in [5.74, 6) is 0.998. The third-order valence-electron chi connectivity index (χ3n) is 2.55. The van der Waals surface area contributed by atoms with Gasteiger partial charge in [-0.3, -0.25) is 4.79 Å². The van der Waals surface area contributed by atoms with Crippen LogP contribution in [0.15, 0.2) is 6.20 Å². The Kier molecular flexibility index (Phi) is 8.45. The molecule has 1 aromatic rings. The summed E-state index contributed by atoms with van der Waals surface area (Å²) < 4.78 is 4.86. The summed E-state index contributed by atoms with van der Waals surface area (Å²) in [6.45, 7) is 4.31. The second-order valence-corrected chi connectivity index (χ2v) is 4.74.